The van der Waals surface area contributed by atoms with E-state index in [4.69, 9.17) is 5.73 Å². The molecule has 2 nitrogen and oxygen atoms in total. The molecule has 2 aromatic carbocycles. The van der Waals surface area contributed by atoms with Crippen LogP contribution < -0.4 is 10.5 Å². The lowest BCUT2D eigenvalue weighted by molar-refractivity contribution is -0.274. The van der Waals surface area contributed by atoms with E-state index in [0.29, 0.717) is 11.1 Å². The van der Waals surface area contributed by atoms with Crippen LogP contribution in [0.5, 0.6) is 5.75 Å². The molecule has 0 spiro atoms. The molecule has 0 aromatic heterocycles. The third-order valence-electron chi connectivity index (χ3n) is 2.70. The van der Waals surface area contributed by atoms with E-state index in [2.05, 4.69) is 4.74 Å². The van der Waals surface area contributed by atoms with Gasteiger partial charge >= 0.3 is 6.36 Å². The standard InChI is InChI=1S/C14H11F4NO/c15-12-3-1-2-10(8-19)13(12)9-4-6-11(7-5-9)20-14(16,17)18/h1-7H,8,19H2. The maximum atomic E-state index is 13.8. The zero-order chi connectivity index (χ0) is 14.8. The van der Waals surface area contributed by atoms with Crippen LogP contribution in [0, 0.1) is 5.82 Å². The van der Waals surface area contributed by atoms with Gasteiger partial charge in [-0.2, -0.15) is 0 Å². The van der Waals surface area contributed by atoms with E-state index >= 15 is 0 Å². The van der Waals surface area contributed by atoms with E-state index in [1.807, 2.05) is 0 Å². The highest BCUT2D eigenvalue weighted by atomic mass is 19.4. The van der Waals surface area contributed by atoms with Crippen LogP contribution in [0.25, 0.3) is 11.1 Å². The van der Waals surface area contributed by atoms with Crippen LogP contribution in [0.15, 0.2) is 42.5 Å². The zero-order valence-electron chi connectivity index (χ0n) is 10.2. The van der Waals surface area contributed by atoms with E-state index in [1.54, 1.807) is 6.07 Å². The van der Waals surface area contributed by atoms with Gasteiger partial charge in [-0.25, -0.2) is 4.39 Å². The molecule has 0 atom stereocenters. The molecular weight excluding hydrogens is 274 g/mol. The normalized spacial score (nSPS) is 11.4. The van der Waals surface area contributed by atoms with Crippen molar-refractivity contribution < 1.29 is 22.3 Å². The average Bonchev–Trinajstić information content (AvgIpc) is 2.38. The highest BCUT2D eigenvalue weighted by Crippen LogP contribution is 2.30. The van der Waals surface area contributed by atoms with Gasteiger partial charge in [0, 0.05) is 12.1 Å². The van der Waals surface area contributed by atoms with E-state index in [9.17, 15) is 17.6 Å². The molecule has 6 heteroatoms. The molecule has 0 saturated carbocycles. The van der Waals surface area contributed by atoms with Gasteiger partial charge in [0.2, 0.25) is 0 Å². The summed E-state index contributed by atoms with van der Waals surface area (Å²) >= 11 is 0. The third kappa shape index (κ3) is 3.27. The molecule has 0 saturated heterocycles. The lowest BCUT2D eigenvalue weighted by Crippen LogP contribution is -2.16. The van der Waals surface area contributed by atoms with E-state index in [1.165, 1.54) is 24.3 Å². The van der Waals surface area contributed by atoms with Gasteiger partial charge in [0.25, 0.3) is 0 Å². The van der Waals surface area contributed by atoms with Crippen LogP contribution in [-0.2, 0) is 6.54 Å². The van der Waals surface area contributed by atoms with Gasteiger partial charge in [-0.15, -0.1) is 13.2 Å². The molecule has 0 aliphatic carbocycles. The smallest absolute Gasteiger partial charge is 0.406 e. The second-order valence-corrected chi connectivity index (χ2v) is 4.05. The molecule has 0 unspecified atom stereocenters. The van der Waals surface area contributed by atoms with Crippen LogP contribution in [0.1, 0.15) is 5.56 Å². The SMILES string of the molecule is NCc1cccc(F)c1-c1ccc(OC(F)(F)F)cc1. The summed E-state index contributed by atoms with van der Waals surface area (Å²) in [5.41, 5.74) is 6.84. The van der Waals surface area contributed by atoms with Gasteiger partial charge in [0.1, 0.15) is 11.6 Å². The minimum absolute atomic E-state index is 0.133. The van der Waals surface area contributed by atoms with Crippen molar-refractivity contribution in [1.82, 2.24) is 0 Å². The van der Waals surface area contributed by atoms with Crippen molar-refractivity contribution in [3.05, 3.63) is 53.8 Å². The van der Waals surface area contributed by atoms with Crippen molar-refractivity contribution in [2.24, 2.45) is 5.73 Å². The van der Waals surface area contributed by atoms with Crippen molar-refractivity contribution in [3.63, 3.8) is 0 Å². The second kappa shape index (κ2) is 5.50. The maximum Gasteiger partial charge on any atom is 0.573 e. The molecule has 0 aliphatic heterocycles. The first kappa shape index (κ1) is 14.3. The van der Waals surface area contributed by atoms with Gasteiger partial charge in [0.15, 0.2) is 0 Å². The predicted octanol–water partition coefficient (Wildman–Crippen LogP) is 3.85. The van der Waals surface area contributed by atoms with Crippen LogP contribution in [0.2, 0.25) is 0 Å². The maximum absolute atomic E-state index is 13.8. The number of alkyl halides is 3. The van der Waals surface area contributed by atoms with Crippen LogP contribution in [0.4, 0.5) is 17.6 Å². The molecule has 0 aliphatic rings. The van der Waals surface area contributed by atoms with Crippen LogP contribution in [-0.4, -0.2) is 6.36 Å². The summed E-state index contributed by atoms with van der Waals surface area (Å²) < 4.78 is 53.7. The highest BCUT2D eigenvalue weighted by Gasteiger charge is 2.31. The Bertz CT molecular complexity index is 593. The first-order valence-electron chi connectivity index (χ1n) is 5.74. The molecule has 0 radical (unpaired) electrons. The lowest BCUT2D eigenvalue weighted by Gasteiger charge is -2.11. The Morgan fingerprint density at radius 2 is 1.65 bits per heavy atom. The number of benzene rings is 2. The zero-order valence-corrected chi connectivity index (χ0v) is 10.2. The summed E-state index contributed by atoms with van der Waals surface area (Å²) in [6.07, 6.45) is -4.75. The van der Waals surface area contributed by atoms with Crippen molar-refractivity contribution in [3.8, 4) is 16.9 Å². The third-order valence-corrected chi connectivity index (χ3v) is 2.70. The summed E-state index contributed by atoms with van der Waals surface area (Å²) in [5.74, 6) is -0.829. The van der Waals surface area contributed by atoms with E-state index in [0.717, 1.165) is 12.1 Å². The minimum Gasteiger partial charge on any atom is -0.406 e. The molecular formula is C14H11F4NO. The fourth-order valence-corrected chi connectivity index (χ4v) is 1.89. The predicted molar refractivity (Wildman–Crippen MR) is 66.4 cm³/mol. The van der Waals surface area contributed by atoms with Crippen molar-refractivity contribution in [2.75, 3.05) is 0 Å². The summed E-state index contributed by atoms with van der Waals surface area (Å²) in [5, 5.41) is 0. The average molecular weight is 285 g/mol. The minimum atomic E-state index is -4.75. The fourth-order valence-electron chi connectivity index (χ4n) is 1.89. The van der Waals surface area contributed by atoms with E-state index < -0.39 is 12.2 Å². The van der Waals surface area contributed by atoms with Crippen molar-refractivity contribution in [2.45, 2.75) is 12.9 Å². The Morgan fingerprint density at radius 1 is 1.00 bits per heavy atom. The molecule has 2 rings (SSSR count). The largest absolute Gasteiger partial charge is 0.573 e. The molecule has 2 aromatic rings. The number of halogens is 4. The van der Waals surface area contributed by atoms with Gasteiger partial charge in [-0.1, -0.05) is 24.3 Å². The first-order chi connectivity index (χ1) is 9.40. The molecule has 0 bridgehead atoms. The highest BCUT2D eigenvalue weighted by molar-refractivity contribution is 5.68. The topological polar surface area (TPSA) is 35.2 Å². The monoisotopic (exact) mass is 285 g/mol. The summed E-state index contributed by atoms with van der Waals surface area (Å²) in [6.45, 7) is 0.133. The molecule has 20 heavy (non-hydrogen) atoms. The summed E-state index contributed by atoms with van der Waals surface area (Å²) in [4.78, 5) is 0. The van der Waals surface area contributed by atoms with Gasteiger partial charge < -0.3 is 10.5 Å². The van der Waals surface area contributed by atoms with E-state index in [-0.39, 0.29) is 17.9 Å². The van der Waals surface area contributed by atoms with Crippen molar-refractivity contribution >= 4 is 0 Å². The molecule has 0 fully saturated rings. The quantitative estimate of drug-likeness (QED) is 0.869. The molecule has 0 heterocycles. The van der Waals surface area contributed by atoms with Crippen LogP contribution >= 0.6 is 0 Å². The van der Waals surface area contributed by atoms with Crippen molar-refractivity contribution in [1.29, 1.82) is 0 Å². The number of hydrogen-bond donors (Lipinski definition) is 1. The number of hydrogen-bond acceptors (Lipinski definition) is 2. The Labute approximate surface area is 112 Å². The first-order valence-corrected chi connectivity index (χ1v) is 5.74. The Kier molecular flexibility index (Phi) is 3.94. The fraction of sp³-hybridized carbons (Fsp3) is 0.143. The number of rotatable bonds is 3. The molecule has 2 N–H and O–H groups in total. The van der Waals surface area contributed by atoms with Crippen LogP contribution in [0.3, 0.4) is 0 Å². The molecule has 0 amide bonds. The Morgan fingerprint density at radius 3 is 2.20 bits per heavy atom. The summed E-state index contributed by atoms with van der Waals surface area (Å²) in [6, 6.07) is 9.46. The van der Waals surface area contributed by atoms with Gasteiger partial charge in [0.05, 0.1) is 0 Å². The second-order valence-electron chi connectivity index (χ2n) is 4.05. The molecule has 106 valence electrons. The Hall–Kier alpha value is -2.08. The number of ether oxygens (including phenoxy) is 1. The van der Waals surface area contributed by atoms with Gasteiger partial charge in [-0.3, -0.25) is 0 Å². The summed E-state index contributed by atoms with van der Waals surface area (Å²) in [7, 11) is 0. The van der Waals surface area contributed by atoms with Gasteiger partial charge in [-0.05, 0) is 29.3 Å². The number of nitrogens with two attached hydrogens (primary N) is 1. The lowest BCUT2D eigenvalue weighted by atomic mass is 9.99. The Balaban J connectivity index is 2.36.